The molecule has 1 aliphatic carbocycles. The van der Waals surface area contributed by atoms with Crippen LogP contribution in [-0.2, 0) is 11.8 Å². The van der Waals surface area contributed by atoms with Crippen LogP contribution < -0.4 is 15.2 Å². The predicted octanol–water partition coefficient (Wildman–Crippen LogP) is 2.60. The van der Waals surface area contributed by atoms with Crippen molar-refractivity contribution in [1.82, 2.24) is 19.5 Å². The number of aromatic nitrogens is 4. The van der Waals surface area contributed by atoms with E-state index in [1.165, 1.54) is 25.2 Å². The van der Waals surface area contributed by atoms with Crippen LogP contribution in [0.1, 0.15) is 24.5 Å². The van der Waals surface area contributed by atoms with Gasteiger partial charge in [0.15, 0.2) is 0 Å². The second kappa shape index (κ2) is 8.47. The first-order valence-electron chi connectivity index (χ1n) is 10.6. The van der Waals surface area contributed by atoms with Crippen LogP contribution in [0, 0.1) is 5.92 Å². The minimum absolute atomic E-state index is 0.130. The van der Waals surface area contributed by atoms with E-state index in [2.05, 4.69) is 20.9 Å². The molecule has 1 saturated heterocycles. The van der Waals surface area contributed by atoms with Gasteiger partial charge in [0.2, 0.25) is 5.95 Å². The summed E-state index contributed by atoms with van der Waals surface area (Å²) in [6, 6.07) is 11.3. The zero-order chi connectivity index (χ0) is 21.2. The van der Waals surface area contributed by atoms with Crippen LogP contribution in [-0.4, -0.2) is 45.8 Å². The molecule has 2 fully saturated rings. The Bertz CT molecular complexity index is 1110. The summed E-state index contributed by atoms with van der Waals surface area (Å²) in [5.41, 5.74) is 2.06. The van der Waals surface area contributed by atoms with Crippen LogP contribution in [0.15, 0.2) is 53.7 Å². The molecule has 2 aliphatic rings. The van der Waals surface area contributed by atoms with Crippen molar-refractivity contribution in [3.8, 4) is 17.1 Å². The largest absolute Gasteiger partial charge is 0.493 e. The van der Waals surface area contributed by atoms with Gasteiger partial charge in [-0.15, -0.1) is 0 Å². The first kappa shape index (κ1) is 19.7. The highest BCUT2D eigenvalue weighted by molar-refractivity contribution is 5.55. The van der Waals surface area contributed by atoms with Gasteiger partial charge in [-0.05, 0) is 30.9 Å². The molecule has 0 bridgehead atoms. The lowest BCUT2D eigenvalue weighted by molar-refractivity contribution is 0.0369. The van der Waals surface area contributed by atoms with Gasteiger partial charge >= 0.3 is 0 Å². The Morgan fingerprint density at radius 1 is 1.19 bits per heavy atom. The van der Waals surface area contributed by atoms with E-state index >= 15 is 0 Å². The molecule has 160 valence electrons. The molecule has 2 aromatic heterocycles. The van der Waals surface area contributed by atoms with Crippen LogP contribution in [0.4, 0.5) is 5.95 Å². The van der Waals surface area contributed by atoms with Gasteiger partial charge in [-0.1, -0.05) is 18.2 Å². The van der Waals surface area contributed by atoms with Crippen molar-refractivity contribution in [2.45, 2.75) is 18.9 Å². The predicted molar refractivity (Wildman–Crippen MR) is 116 cm³/mol. The summed E-state index contributed by atoms with van der Waals surface area (Å²) in [5.74, 6) is 2.16. The van der Waals surface area contributed by atoms with Gasteiger partial charge in [0.1, 0.15) is 18.2 Å². The van der Waals surface area contributed by atoms with Gasteiger partial charge in [0.05, 0.1) is 31.1 Å². The number of morpholine rings is 1. The maximum Gasteiger partial charge on any atom is 0.255 e. The molecule has 1 saturated carbocycles. The number of ether oxygens (including phenoxy) is 2. The zero-order valence-corrected chi connectivity index (χ0v) is 17.5. The summed E-state index contributed by atoms with van der Waals surface area (Å²) in [7, 11) is 1.74. The second-order valence-corrected chi connectivity index (χ2v) is 8.03. The number of para-hydroxylation sites is 1. The number of hydrogen-bond acceptors (Lipinski definition) is 7. The summed E-state index contributed by atoms with van der Waals surface area (Å²) >= 11 is 0. The van der Waals surface area contributed by atoms with Crippen molar-refractivity contribution in [3.05, 3.63) is 64.8 Å². The zero-order valence-electron chi connectivity index (χ0n) is 17.5. The van der Waals surface area contributed by atoms with Gasteiger partial charge in [-0.3, -0.25) is 9.36 Å². The Kier molecular flexibility index (Phi) is 5.38. The van der Waals surface area contributed by atoms with Crippen LogP contribution in [0.25, 0.3) is 11.4 Å². The Morgan fingerprint density at radius 3 is 2.87 bits per heavy atom. The third kappa shape index (κ3) is 4.29. The fraction of sp³-hybridized carbons (Fsp3) is 0.391. The van der Waals surface area contributed by atoms with Gasteiger partial charge in [0, 0.05) is 31.4 Å². The standard InChI is InChI=1S/C23H25N5O3/c1-27-22(29)12-19(18-8-9-24-15-25-18)26-23(27)28-10-11-30-21(13-28)17-4-2-3-5-20(17)31-14-16-6-7-16/h2-5,8-9,12,15-16,21H,6-7,10-11,13-14H2,1H3. The van der Waals surface area contributed by atoms with E-state index in [4.69, 9.17) is 14.5 Å². The highest BCUT2D eigenvalue weighted by Crippen LogP contribution is 2.34. The SMILES string of the molecule is Cn1c(N2CCOC(c3ccccc3OCC3CC3)C2)nc(-c2ccncn2)cc1=O. The molecule has 8 nitrogen and oxygen atoms in total. The molecule has 31 heavy (non-hydrogen) atoms. The lowest BCUT2D eigenvalue weighted by Crippen LogP contribution is -2.41. The van der Waals surface area contributed by atoms with E-state index in [9.17, 15) is 4.79 Å². The average Bonchev–Trinajstić information content (AvgIpc) is 3.65. The van der Waals surface area contributed by atoms with E-state index in [0.29, 0.717) is 43.0 Å². The van der Waals surface area contributed by atoms with E-state index in [-0.39, 0.29) is 11.7 Å². The molecular formula is C23H25N5O3. The normalized spacial score (nSPS) is 18.7. The molecule has 1 atom stereocenters. The smallest absolute Gasteiger partial charge is 0.255 e. The Balaban J connectivity index is 1.42. The topological polar surface area (TPSA) is 82.4 Å². The summed E-state index contributed by atoms with van der Waals surface area (Å²) < 4.78 is 13.8. The van der Waals surface area contributed by atoms with E-state index in [1.807, 2.05) is 18.2 Å². The lowest BCUT2D eigenvalue weighted by atomic mass is 10.1. The van der Waals surface area contributed by atoms with Crippen molar-refractivity contribution >= 4 is 5.95 Å². The monoisotopic (exact) mass is 419 g/mol. The highest BCUT2D eigenvalue weighted by Gasteiger charge is 2.28. The minimum Gasteiger partial charge on any atom is -0.493 e. The maximum absolute atomic E-state index is 12.6. The molecule has 0 N–H and O–H groups in total. The fourth-order valence-corrected chi connectivity index (χ4v) is 3.77. The first-order chi connectivity index (χ1) is 15.2. The summed E-state index contributed by atoms with van der Waals surface area (Å²) in [6.07, 6.45) is 5.43. The third-order valence-corrected chi connectivity index (χ3v) is 5.74. The number of anilines is 1. The fourth-order valence-electron chi connectivity index (χ4n) is 3.77. The van der Waals surface area contributed by atoms with Crippen molar-refractivity contribution in [1.29, 1.82) is 0 Å². The molecule has 0 radical (unpaired) electrons. The molecular weight excluding hydrogens is 394 g/mol. The molecule has 1 unspecified atom stereocenters. The number of benzene rings is 1. The van der Waals surface area contributed by atoms with Crippen LogP contribution in [0.2, 0.25) is 0 Å². The number of rotatable bonds is 6. The summed E-state index contributed by atoms with van der Waals surface area (Å²) in [5, 5.41) is 0. The van der Waals surface area contributed by atoms with E-state index in [1.54, 1.807) is 23.9 Å². The average molecular weight is 419 g/mol. The van der Waals surface area contributed by atoms with Crippen molar-refractivity contribution in [3.63, 3.8) is 0 Å². The number of nitrogens with zero attached hydrogens (tertiary/aromatic N) is 5. The molecule has 1 aliphatic heterocycles. The Labute approximate surface area is 180 Å². The molecule has 0 amide bonds. The van der Waals surface area contributed by atoms with Crippen LogP contribution >= 0.6 is 0 Å². The van der Waals surface area contributed by atoms with Gasteiger partial charge < -0.3 is 14.4 Å². The van der Waals surface area contributed by atoms with Gasteiger partial charge in [0.25, 0.3) is 5.56 Å². The second-order valence-electron chi connectivity index (χ2n) is 8.03. The summed E-state index contributed by atoms with van der Waals surface area (Å²) in [6.45, 7) is 2.52. The van der Waals surface area contributed by atoms with Crippen molar-refractivity contribution in [2.24, 2.45) is 13.0 Å². The molecule has 5 rings (SSSR count). The summed E-state index contributed by atoms with van der Waals surface area (Å²) in [4.78, 5) is 27.7. The maximum atomic E-state index is 12.6. The molecule has 3 aromatic rings. The molecule has 1 aromatic carbocycles. The van der Waals surface area contributed by atoms with Crippen molar-refractivity contribution in [2.75, 3.05) is 31.2 Å². The minimum atomic E-state index is -0.163. The van der Waals surface area contributed by atoms with Gasteiger partial charge in [-0.2, -0.15) is 0 Å². The van der Waals surface area contributed by atoms with E-state index in [0.717, 1.165) is 17.9 Å². The molecule has 3 heterocycles. The highest BCUT2D eigenvalue weighted by atomic mass is 16.5. The van der Waals surface area contributed by atoms with Gasteiger partial charge in [-0.25, -0.2) is 15.0 Å². The van der Waals surface area contributed by atoms with E-state index < -0.39 is 0 Å². The third-order valence-electron chi connectivity index (χ3n) is 5.74. The Morgan fingerprint density at radius 2 is 2.06 bits per heavy atom. The number of hydrogen-bond donors (Lipinski definition) is 0. The Hall–Kier alpha value is -3.26. The lowest BCUT2D eigenvalue weighted by Gasteiger charge is -2.35. The molecule has 8 heteroatoms. The quantitative estimate of drug-likeness (QED) is 0.607. The van der Waals surface area contributed by atoms with Crippen LogP contribution in [0.5, 0.6) is 5.75 Å². The first-order valence-corrected chi connectivity index (χ1v) is 10.6. The van der Waals surface area contributed by atoms with Crippen LogP contribution in [0.3, 0.4) is 0 Å². The molecule has 0 spiro atoms. The van der Waals surface area contributed by atoms with Crippen molar-refractivity contribution < 1.29 is 9.47 Å².